The van der Waals surface area contributed by atoms with Crippen molar-refractivity contribution < 1.29 is 37.0 Å². The van der Waals surface area contributed by atoms with Gasteiger partial charge in [0, 0.05) is 38.3 Å². The van der Waals surface area contributed by atoms with Crippen molar-refractivity contribution in [1.29, 1.82) is 0 Å². The third kappa shape index (κ3) is 9.02. The molecule has 2 aromatic rings. The van der Waals surface area contributed by atoms with Crippen LogP contribution in [0.3, 0.4) is 0 Å². The van der Waals surface area contributed by atoms with Crippen molar-refractivity contribution in [3.05, 3.63) is 23.3 Å². The number of alkyl halides is 3. The molecule has 0 unspecified atom stereocenters. The number of amides is 2. The average Bonchev–Trinajstić information content (AvgIpc) is 3.18. The number of fused-ring (bicyclic) bond motifs is 1. The second-order valence-corrected chi connectivity index (χ2v) is 12.5. The number of rotatable bonds is 6. The zero-order valence-electron chi connectivity index (χ0n) is 23.5. The third-order valence-corrected chi connectivity index (χ3v) is 6.63. The van der Waals surface area contributed by atoms with Crippen molar-refractivity contribution in [3.63, 3.8) is 0 Å². The Kier molecular flexibility index (Phi) is 9.51. The van der Waals surface area contributed by atoms with Gasteiger partial charge in [-0.25, -0.2) is 14.6 Å². The molecule has 0 aliphatic carbocycles. The molecule has 0 bridgehead atoms. The number of benzene rings is 1. The number of nitrogens with zero attached hydrogens (tertiary/aromatic N) is 4. The number of ether oxygens (including phenoxy) is 3. The van der Waals surface area contributed by atoms with Gasteiger partial charge in [-0.15, -0.1) is 0 Å². The van der Waals surface area contributed by atoms with Gasteiger partial charge in [0.25, 0.3) is 0 Å². The van der Waals surface area contributed by atoms with Gasteiger partial charge in [0.1, 0.15) is 11.2 Å². The molecule has 9 nitrogen and oxygen atoms in total. The number of piperazine rings is 1. The van der Waals surface area contributed by atoms with Gasteiger partial charge < -0.3 is 19.1 Å². The van der Waals surface area contributed by atoms with Crippen LogP contribution < -0.4 is 4.90 Å². The topological polar surface area (TPSA) is 84.4 Å². The van der Waals surface area contributed by atoms with Gasteiger partial charge in [0.2, 0.25) is 5.13 Å². The Morgan fingerprint density at radius 3 is 2.05 bits per heavy atom. The summed E-state index contributed by atoms with van der Waals surface area (Å²) in [5.41, 5.74) is -2.35. The number of thiazole rings is 1. The molecule has 1 aromatic carbocycles. The summed E-state index contributed by atoms with van der Waals surface area (Å²) >= 11 is 0.765. The minimum absolute atomic E-state index is 0.115. The van der Waals surface area contributed by atoms with Crippen molar-refractivity contribution in [3.8, 4) is 0 Å². The van der Waals surface area contributed by atoms with Gasteiger partial charge in [0.05, 0.1) is 29.0 Å². The number of likely N-dealkylation sites (N-methyl/N-ethyl adjacent to an activating group) is 1. The zero-order valence-corrected chi connectivity index (χ0v) is 24.3. The van der Waals surface area contributed by atoms with Crippen LogP contribution in [0.25, 0.3) is 10.2 Å². The highest BCUT2D eigenvalue weighted by Crippen LogP contribution is 2.38. The van der Waals surface area contributed by atoms with Crippen LogP contribution in [0.2, 0.25) is 0 Å². The Morgan fingerprint density at radius 1 is 0.974 bits per heavy atom. The van der Waals surface area contributed by atoms with E-state index in [4.69, 9.17) is 14.2 Å². The first kappa shape index (κ1) is 31.1. The number of hydrogen-bond donors (Lipinski definition) is 0. The molecule has 3 rings (SSSR count). The molecule has 1 aliphatic rings. The minimum atomic E-state index is -4.61. The number of imide groups is 1. The number of anilines is 1. The Balaban J connectivity index is 1.92. The van der Waals surface area contributed by atoms with Crippen LogP contribution in [-0.4, -0.2) is 84.6 Å². The maximum Gasteiger partial charge on any atom is 0.426 e. The highest BCUT2D eigenvalue weighted by Gasteiger charge is 2.36. The summed E-state index contributed by atoms with van der Waals surface area (Å²) in [5, 5.41) is -0.161. The van der Waals surface area contributed by atoms with E-state index in [0.29, 0.717) is 18.1 Å². The maximum absolute atomic E-state index is 13.7. The summed E-state index contributed by atoms with van der Waals surface area (Å²) < 4.78 is 57.8. The maximum atomic E-state index is 13.7. The van der Waals surface area contributed by atoms with Gasteiger partial charge in [0.15, 0.2) is 0 Å². The molecule has 0 N–H and O–H groups in total. The second kappa shape index (κ2) is 11.9. The highest BCUT2D eigenvalue weighted by atomic mass is 32.1. The van der Waals surface area contributed by atoms with E-state index in [1.165, 1.54) is 0 Å². The number of halogens is 3. The number of hydrogen-bond acceptors (Lipinski definition) is 9. The van der Waals surface area contributed by atoms with Crippen LogP contribution in [0, 0.1) is 0 Å². The number of aromatic nitrogens is 1. The molecule has 0 radical (unpaired) electrons. The van der Waals surface area contributed by atoms with Crippen molar-refractivity contribution in [2.75, 3.05) is 51.3 Å². The van der Waals surface area contributed by atoms with E-state index >= 15 is 0 Å². The lowest BCUT2D eigenvalue weighted by molar-refractivity contribution is -0.137. The van der Waals surface area contributed by atoms with E-state index in [2.05, 4.69) is 21.8 Å². The fraction of sp³-hybridized carbons (Fsp3) is 0.654. The minimum Gasteiger partial charge on any atom is -0.443 e. The van der Waals surface area contributed by atoms with Crippen molar-refractivity contribution >= 4 is 38.9 Å². The molecule has 39 heavy (non-hydrogen) atoms. The molecule has 1 fully saturated rings. The van der Waals surface area contributed by atoms with Crippen LogP contribution in [0.4, 0.5) is 27.9 Å². The van der Waals surface area contributed by atoms with Crippen molar-refractivity contribution in [2.24, 2.45) is 0 Å². The van der Waals surface area contributed by atoms with E-state index < -0.39 is 35.1 Å². The molecule has 1 aliphatic heterocycles. The Hall–Kier alpha value is -2.48. The van der Waals surface area contributed by atoms with Crippen LogP contribution in [0.15, 0.2) is 12.1 Å². The quantitative estimate of drug-likeness (QED) is 0.403. The molecule has 1 saturated heterocycles. The Morgan fingerprint density at radius 2 is 1.54 bits per heavy atom. The largest absolute Gasteiger partial charge is 0.443 e. The summed E-state index contributed by atoms with van der Waals surface area (Å²) in [6.45, 7) is 14.3. The van der Waals surface area contributed by atoms with Gasteiger partial charge in [-0.3, -0.25) is 4.90 Å². The summed E-state index contributed by atoms with van der Waals surface area (Å²) in [7, 11) is 2.06. The fourth-order valence-corrected chi connectivity index (χ4v) is 4.78. The second-order valence-electron chi connectivity index (χ2n) is 11.5. The van der Waals surface area contributed by atoms with Gasteiger partial charge in [-0.2, -0.15) is 18.1 Å². The standard InChI is InChI=1S/C26H37F3N4O5S/c1-24(2,3)37-22(34)33(23(35)38-25(4,5)6)21-30-20-17(14-18(26(27,28)29)15-19(20)39-21)16-36-13-12-32-10-8-31(7)9-11-32/h14-15H,8-13,16H2,1-7H3. The molecule has 0 spiro atoms. The number of carbonyl (C=O) groups excluding carboxylic acids is 2. The fourth-order valence-electron chi connectivity index (χ4n) is 3.75. The SMILES string of the molecule is CN1CCN(CCOCc2cc(C(F)(F)F)cc3sc(N(C(=O)OC(C)(C)C)C(=O)OC(C)(C)C)nc23)CC1. The lowest BCUT2D eigenvalue weighted by Crippen LogP contribution is -2.45. The molecule has 13 heteroatoms. The first-order valence-electron chi connectivity index (χ1n) is 12.7. The van der Waals surface area contributed by atoms with E-state index in [1.807, 2.05) is 0 Å². The molecule has 2 amide bonds. The lowest BCUT2D eigenvalue weighted by Gasteiger charge is -2.32. The van der Waals surface area contributed by atoms with E-state index in [1.54, 1.807) is 41.5 Å². The highest BCUT2D eigenvalue weighted by molar-refractivity contribution is 7.22. The Labute approximate surface area is 230 Å². The van der Waals surface area contributed by atoms with Gasteiger partial charge in [-0.05, 0) is 60.7 Å². The molecular weight excluding hydrogens is 537 g/mol. The molecule has 1 aromatic heterocycles. The number of carbonyl (C=O) groups is 2. The van der Waals surface area contributed by atoms with Crippen LogP contribution >= 0.6 is 11.3 Å². The third-order valence-electron chi connectivity index (χ3n) is 5.64. The predicted octanol–water partition coefficient (Wildman–Crippen LogP) is 5.76. The van der Waals surface area contributed by atoms with Gasteiger partial charge in [-0.1, -0.05) is 11.3 Å². The zero-order chi connectivity index (χ0) is 29.2. The monoisotopic (exact) mass is 574 g/mol. The van der Waals surface area contributed by atoms with Crippen LogP contribution in [-0.2, 0) is 27.0 Å². The lowest BCUT2D eigenvalue weighted by atomic mass is 10.1. The van der Waals surface area contributed by atoms with Crippen LogP contribution in [0.1, 0.15) is 52.7 Å². The van der Waals surface area contributed by atoms with Crippen LogP contribution in [0.5, 0.6) is 0 Å². The predicted molar refractivity (Wildman–Crippen MR) is 143 cm³/mol. The van der Waals surface area contributed by atoms with E-state index in [9.17, 15) is 22.8 Å². The first-order valence-corrected chi connectivity index (χ1v) is 13.5. The summed E-state index contributed by atoms with van der Waals surface area (Å²) in [6.07, 6.45) is -6.70. The van der Waals surface area contributed by atoms with E-state index in [-0.39, 0.29) is 27.5 Å². The Bertz CT molecular complexity index is 1140. The smallest absolute Gasteiger partial charge is 0.426 e. The van der Waals surface area contributed by atoms with Crippen molar-refractivity contribution in [2.45, 2.75) is 65.5 Å². The average molecular weight is 575 g/mol. The molecule has 0 saturated carbocycles. The normalized spacial score (nSPS) is 15.9. The van der Waals surface area contributed by atoms with Crippen molar-refractivity contribution in [1.82, 2.24) is 14.8 Å². The van der Waals surface area contributed by atoms with E-state index in [0.717, 1.165) is 49.6 Å². The first-order chi connectivity index (χ1) is 17.9. The van der Waals surface area contributed by atoms with Gasteiger partial charge >= 0.3 is 18.4 Å². The molecule has 0 atom stereocenters. The molecular formula is C26H37F3N4O5S. The molecule has 218 valence electrons. The summed E-state index contributed by atoms with van der Waals surface area (Å²) in [5.74, 6) is 0. The summed E-state index contributed by atoms with van der Waals surface area (Å²) in [6, 6.07) is 1.94. The summed E-state index contributed by atoms with van der Waals surface area (Å²) in [4.78, 5) is 35.5. The molecule has 2 heterocycles.